The summed E-state index contributed by atoms with van der Waals surface area (Å²) in [4.78, 5) is 2.21. The number of benzene rings is 3. The molecule has 0 amide bonds. The summed E-state index contributed by atoms with van der Waals surface area (Å²) < 4.78 is 56.1. The zero-order valence-corrected chi connectivity index (χ0v) is 18.7. The Morgan fingerprint density at radius 2 is 1.53 bits per heavy atom. The molecular formula is C25H26F2N2O2S. The summed E-state index contributed by atoms with van der Waals surface area (Å²) in [6.45, 7) is 3.75. The van der Waals surface area contributed by atoms with Crippen molar-refractivity contribution in [2.75, 3.05) is 17.4 Å². The maximum atomic E-state index is 14.0. The van der Waals surface area contributed by atoms with Gasteiger partial charge in [0, 0.05) is 31.2 Å². The largest absolute Gasteiger partial charge is 0.299 e. The van der Waals surface area contributed by atoms with Gasteiger partial charge in [-0.05, 0) is 62.2 Å². The van der Waals surface area contributed by atoms with Gasteiger partial charge in [0.15, 0.2) is 0 Å². The molecule has 32 heavy (non-hydrogen) atoms. The number of piperidine rings is 1. The van der Waals surface area contributed by atoms with Gasteiger partial charge in [0.25, 0.3) is 10.0 Å². The summed E-state index contributed by atoms with van der Waals surface area (Å²) in [6.07, 6.45) is 1.23. The molecule has 0 atom stereocenters. The van der Waals surface area contributed by atoms with Crippen LogP contribution in [0.4, 0.5) is 14.5 Å². The third kappa shape index (κ3) is 4.84. The van der Waals surface area contributed by atoms with Gasteiger partial charge in [-0.2, -0.15) is 0 Å². The molecule has 4 nitrogen and oxygen atoms in total. The van der Waals surface area contributed by atoms with Crippen LogP contribution < -0.4 is 4.31 Å². The molecule has 0 aliphatic carbocycles. The molecule has 0 bridgehead atoms. The van der Waals surface area contributed by atoms with Crippen LogP contribution in [0.5, 0.6) is 0 Å². The van der Waals surface area contributed by atoms with Crippen LogP contribution >= 0.6 is 0 Å². The van der Waals surface area contributed by atoms with E-state index < -0.39 is 15.8 Å². The molecule has 0 unspecified atom stereocenters. The third-order valence-electron chi connectivity index (χ3n) is 5.90. The lowest BCUT2D eigenvalue weighted by Crippen LogP contribution is -2.47. The van der Waals surface area contributed by atoms with E-state index in [1.54, 1.807) is 12.1 Å². The predicted molar refractivity (Wildman–Crippen MR) is 122 cm³/mol. The Bertz CT molecular complexity index is 1160. The summed E-state index contributed by atoms with van der Waals surface area (Å²) in [5.41, 5.74) is 2.26. The number of hydrogen-bond acceptors (Lipinski definition) is 3. The first-order valence-corrected chi connectivity index (χ1v) is 12.1. The molecule has 1 aliphatic heterocycles. The summed E-state index contributed by atoms with van der Waals surface area (Å²) in [7, 11) is -3.88. The van der Waals surface area contributed by atoms with Crippen molar-refractivity contribution in [2.45, 2.75) is 37.2 Å². The van der Waals surface area contributed by atoms with Crippen LogP contribution in [0, 0.1) is 18.6 Å². The van der Waals surface area contributed by atoms with Crippen LogP contribution in [0.2, 0.25) is 0 Å². The summed E-state index contributed by atoms with van der Waals surface area (Å²) in [6, 6.07) is 18.8. The Morgan fingerprint density at radius 1 is 0.906 bits per heavy atom. The minimum Gasteiger partial charge on any atom is -0.299 e. The highest BCUT2D eigenvalue weighted by atomic mass is 32.2. The monoisotopic (exact) mass is 456 g/mol. The zero-order chi connectivity index (χ0) is 22.7. The molecule has 7 heteroatoms. The van der Waals surface area contributed by atoms with Crippen LogP contribution in [0.3, 0.4) is 0 Å². The molecule has 1 saturated heterocycles. The van der Waals surface area contributed by atoms with Crippen LogP contribution in [-0.2, 0) is 16.6 Å². The van der Waals surface area contributed by atoms with E-state index in [1.165, 1.54) is 22.5 Å². The van der Waals surface area contributed by atoms with Crippen molar-refractivity contribution in [2.24, 2.45) is 0 Å². The van der Waals surface area contributed by atoms with Crippen molar-refractivity contribution >= 4 is 15.7 Å². The second kappa shape index (κ2) is 9.38. The number of anilines is 1. The molecule has 0 saturated carbocycles. The average molecular weight is 457 g/mol. The van der Waals surface area contributed by atoms with Crippen molar-refractivity contribution in [3.63, 3.8) is 0 Å². The van der Waals surface area contributed by atoms with Gasteiger partial charge in [0.1, 0.15) is 11.6 Å². The topological polar surface area (TPSA) is 40.6 Å². The van der Waals surface area contributed by atoms with E-state index in [9.17, 15) is 17.2 Å². The lowest BCUT2D eigenvalue weighted by Gasteiger charge is -2.39. The zero-order valence-electron chi connectivity index (χ0n) is 17.9. The number of halogens is 2. The van der Waals surface area contributed by atoms with Crippen LogP contribution in [0.15, 0.2) is 77.7 Å². The maximum Gasteiger partial charge on any atom is 0.264 e. The normalized spacial score (nSPS) is 15.6. The molecule has 0 radical (unpaired) electrons. The third-order valence-corrected chi connectivity index (χ3v) is 7.79. The maximum absolute atomic E-state index is 14.0. The standard InChI is InChI=1S/C25H26F2N2O2S/c1-19-6-10-22(11-7-19)29(32(30,31)24-12-8-21(26)9-13-24)23-14-16-28(17-15-23)18-20-4-2-3-5-25(20)27/h2-13,23H,14-18H2,1H3. The van der Waals surface area contributed by atoms with Crippen molar-refractivity contribution < 1.29 is 17.2 Å². The first-order valence-electron chi connectivity index (χ1n) is 10.7. The van der Waals surface area contributed by atoms with Gasteiger partial charge in [-0.15, -0.1) is 0 Å². The molecule has 1 aliphatic rings. The first-order chi connectivity index (χ1) is 15.3. The van der Waals surface area contributed by atoms with E-state index in [0.29, 0.717) is 43.7 Å². The van der Waals surface area contributed by atoms with Gasteiger partial charge in [-0.3, -0.25) is 9.21 Å². The smallest absolute Gasteiger partial charge is 0.264 e. The summed E-state index contributed by atoms with van der Waals surface area (Å²) >= 11 is 0. The van der Waals surface area contributed by atoms with Crippen LogP contribution in [-0.4, -0.2) is 32.4 Å². The van der Waals surface area contributed by atoms with E-state index in [2.05, 4.69) is 4.90 Å². The number of sulfonamides is 1. The molecule has 1 heterocycles. The molecule has 3 aromatic rings. The first kappa shape index (κ1) is 22.4. The molecule has 3 aromatic carbocycles. The molecule has 4 rings (SSSR count). The summed E-state index contributed by atoms with van der Waals surface area (Å²) in [5, 5.41) is 0. The number of hydrogen-bond donors (Lipinski definition) is 0. The molecular weight excluding hydrogens is 430 g/mol. The quantitative estimate of drug-likeness (QED) is 0.516. The van der Waals surface area contributed by atoms with Gasteiger partial charge in [0.2, 0.25) is 0 Å². The number of nitrogens with zero attached hydrogens (tertiary/aromatic N) is 2. The van der Waals surface area contributed by atoms with Crippen molar-refractivity contribution in [3.8, 4) is 0 Å². The lowest BCUT2D eigenvalue weighted by atomic mass is 10.0. The highest BCUT2D eigenvalue weighted by Gasteiger charge is 2.34. The fourth-order valence-corrected chi connectivity index (χ4v) is 5.85. The number of aryl methyl sites for hydroxylation is 1. The van der Waals surface area contributed by atoms with E-state index >= 15 is 0 Å². The lowest BCUT2D eigenvalue weighted by molar-refractivity contribution is 0.204. The van der Waals surface area contributed by atoms with Crippen molar-refractivity contribution in [1.82, 2.24) is 4.90 Å². The number of rotatable bonds is 6. The molecule has 0 aromatic heterocycles. The second-order valence-electron chi connectivity index (χ2n) is 8.19. The minimum atomic E-state index is -3.88. The minimum absolute atomic E-state index is 0.0632. The van der Waals surface area contributed by atoms with Gasteiger partial charge in [-0.1, -0.05) is 35.9 Å². The fraction of sp³-hybridized carbons (Fsp3) is 0.280. The molecule has 168 valence electrons. The SMILES string of the molecule is Cc1ccc(N(C2CCN(Cc3ccccc3F)CC2)S(=O)(=O)c2ccc(F)cc2)cc1. The van der Waals surface area contributed by atoms with E-state index in [0.717, 1.165) is 17.7 Å². The van der Waals surface area contributed by atoms with E-state index in [1.807, 2.05) is 37.3 Å². The van der Waals surface area contributed by atoms with Gasteiger partial charge >= 0.3 is 0 Å². The predicted octanol–water partition coefficient (Wildman–Crippen LogP) is 5.13. The van der Waals surface area contributed by atoms with Crippen molar-refractivity contribution in [1.29, 1.82) is 0 Å². The van der Waals surface area contributed by atoms with E-state index in [4.69, 9.17) is 0 Å². The van der Waals surface area contributed by atoms with Gasteiger partial charge in [0.05, 0.1) is 10.6 Å². The van der Waals surface area contributed by atoms with Gasteiger partial charge < -0.3 is 0 Å². The van der Waals surface area contributed by atoms with Crippen LogP contribution in [0.25, 0.3) is 0 Å². The highest BCUT2D eigenvalue weighted by molar-refractivity contribution is 7.92. The fourth-order valence-electron chi connectivity index (χ4n) is 4.14. The molecule has 0 spiro atoms. The van der Waals surface area contributed by atoms with Gasteiger partial charge in [-0.25, -0.2) is 17.2 Å². The Balaban J connectivity index is 1.58. The van der Waals surface area contributed by atoms with Crippen molar-refractivity contribution in [3.05, 3.63) is 95.6 Å². The number of likely N-dealkylation sites (tertiary alicyclic amines) is 1. The van der Waals surface area contributed by atoms with Crippen LogP contribution in [0.1, 0.15) is 24.0 Å². The average Bonchev–Trinajstić information content (AvgIpc) is 2.78. The Kier molecular flexibility index (Phi) is 6.58. The van der Waals surface area contributed by atoms with E-state index in [-0.39, 0.29) is 16.8 Å². The molecule has 1 fully saturated rings. The molecule has 0 N–H and O–H groups in total. The summed E-state index contributed by atoms with van der Waals surface area (Å²) in [5.74, 6) is -0.706. The Morgan fingerprint density at radius 3 is 2.16 bits per heavy atom. The second-order valence-corrected chi connectivity index (χ2v) is 10.0. The Labute approximate surface area is 188 Å². The Hall–Kier alpha value is -2.77. The highest BCUT2D eigenvalue weighted by Crippen LogP contribution is 2.31.